The molecule has 6 heteroatoms. The second-order valence-corrected chi connectivity index (χ2v) is 14.6. The quantitative estimate of drug-likeness (QED) is 0.0202. The lowest BCUT2D eigenvalue weighted by molar-refractivity contribution is -0.167. The minimum Gasteiger partial charge on any atom is -0.462 e. The number of allylic oxidation sites excluding steroid dienone is 20. The van der Waals surface area contributed by atoms with E-state index in [1.807, 2.05) is 36.5 Å². The minimum absolute atomic E-state index is 0.117. The second kappa shape index (κ2) is 46.5. The molecule has 0 rings (SSSR count). The van der Waals surface area contributed by atoms with Gasteiger partial charge in [0, 0.05) is 19.3 Å². The van der Waals surface area contributed by atoms with Gasteiger partial charge < -0.3 is 14.2 Å². The van der Waals surface area contributed by atoms with Gasteiger partial charge in [0.15, 0.2) is 6.10 Å². The molecule has 0 amide bonds. The van der Waals surface area contributed by atoms with Gasteiger partial charge in [0.1, 0.15) is 13.2 Å². The van der Waals surface area contributed by atoms with Gasteiger partial charge in [-0.3, -0.25) is 14.4 Å². The van der Waals surface area contributed by atoms with E-state index in [9.17, 15) is 14.4 Å². The zero-order chi connectivity index (χ0) is 43.0. The molecule has 1 unspecified atom stereocenters. The van der Waals surface area contributed by atoms with E-state index in [0.717, 1.165) is 109 Å². The highest BCUT2D eigenvalue weighted by Gasteiger charge is 2.19. The van der Waals surface area contributed by atoms with Crippen molar-refractivity contribution in [1.29, 1.82) is 0 Å². The summed E-state index contributed by atoms with van der Waals surface area (Å²) in [5.41, 5.74) is 0. The van der Waals surface area contributed by atoms with Gasteiger partial charge in [0.05, 0.1) is 0 Å². The Labute approximate surface area is 361 Å². The Morgan fingerprint density at radius 2 is 0.695 bits per heavy atom. The van der Waals surface area contributed by atoms with Crippen molar-refractivity contribution in [2.75, 3.05) is 13.2 Å². The summed E-state index contributed by atoms with van der Waals surface area (Å²) in [6.07, 6.45) is 63.3. The Bertz CT molecular complexity index is 1300. The van der Waals surface area contributed by atoms with Gasteiger partial charge in [-0.25, -0.2) is 0 Å². The molecule has 0 fully saturated rings. The predicted octanol–water partition coefficient (Wildman–Crippen LogP) is 15.0. The van der Waals surface area contributed by atoms with E-state index >= 15 is 0 Å². The molecule has 59 heavy (non-hydrogen) atoms. The van der Waals surface area contributed by atoms with Gasteiger partial charge in [0.25, 0.3) is 0 Å². The van der Waals surface area contributed by atoms with Crippen molar-refractivity contribution < 1.29 is 28.6 Å². The fourth-order valence-corrected chi connectivity index (χ4v) is 5.65. The Kier molecular flexibility index (Phi) is 43.2. The topological polar surface area (TPSA) is 78.9 Å². The van der Waals surface area contributed by atoms with E-state index in [-0.39, 0.29) is 37.5 Å². The first kappa shape index (κ1) is 54.8. The highest BCUT2D eigenvalue weighted by atomic mass is 16.6. The van der Waals surface area contributed by atoms with Crippen LogP contribution in [0.25, 0.3) is 0 Å². The van der Waals surface area contributed by atoms with Crippen LogP contribution in [0.1, 0.15) is 175 Å². The van der Waals surface area contributed by atoms with E-state index in [1.165, 1.54) is 12.8 Å². The molecule has 0 saturated carbocycles. The summed E-state index contributed by atoms with van der Waals surface area (Å²) in [6, 6.07) is 0. The van der Waals surface area contributed by atoms with E-state index < -0.39 is 6.10 Å². The SMILES string of the molecule is CC\C=C/C=C\C=C/C=C\CCCCCC(=O)OC(COC(=O)CCCC/C=C\C/C=C\C/C=C\CC)COC(=O)CCCCCCCC/C=C\C/C=C\C/C=C\CC. The molecule has 0 aliphatic heterocycles. The molecule has 0 radical (unpaired) electrons. The first-order chi connectivity index (χ1) is 29.0. The highest BCUT2D eigenvalue weighted by molar-refractivity contribution is 5.71. The van der Waals surface area contributed by atoms with Crippen molar-refractivity contribution in [2.45, 2.75) is 181 Å². The molecular formula is C53H82O6. The lowest BCUT2D eigenvalue weighted by Gasteiger charge is -2.18. The third kappa shape index (κ3) is 44.8. The second-order valence-electron chi connectivity index (χ2n) is 14.6. The summed E-state index contributed by atoms with van der Waals surface area (Å²) in [5, 5.41) is 0. The number of carbonyl (C=O) groups excluding carboxylic acids is 3. The fraction of sp³-hybridized carbons (Fsp3) is 0.566. The molecule has 0 N–H and O–H groups in total. The van der Waals surface area contributed by atoms with Crippen molar-refractivity contribution in [1.82, 2.24) is 0 Å². The molecule has 330 valence electrons. The maximum atomic E-state index is 12.7. The normalized spacial score (nSPS) is 13.2. The van der Waals surface area contributed by atoms with Crippen LogP contribution in [-0.2, 0) is 28.6 Å². The molecule has 0 aliphatic rings. The number of rotatable bonds is 39. The molecule has 0 aromatic heterocycles. The Balaban J connectivity index is 4.54. The number of ether oxygens (including phenoxy) is 3. The molecule has 0 saturated heterocycles. The molecule has 0 aliphatic carbocycles. The lowest BCUT2D eigenvalue weighted by Crippen LogP contribution is -2.30. The lowest BCUT2D eigenvalue weighted by atomic mass is 10.1. The third-order valence-electron chi connectivity index (χ3n) is 9.04. The van der Waals surface area contributed by atoms with Crippen LogP contribution < -0.4 is 0 Å². The van der Waals surface area contributed by atoms with Crippen molar-refractivity contribution in [3.05, 3.63) is 122 Å². The Morgan fingerprint density at radius 1 is 0.356 bits per heavy atom. The first-order valence-corrected chi connectivity index (χ1v) is 23.1. The standard InChI is InChI=1S/C53H82O6/c1-4-7-10-13-16-19-22-25-26-27-29-31-34-37-40-43-46-52(55)58-49-50(48-57-51(54)45-42-39-36-33-30-24-21-18-15-12-9-6-3)59-53(56)47-44-41-38-35-32-28-23-20-17-14-11-8-5-2/h7-12,14,16-21,23,25-26,28,30,32-33,50H,4-6,13,15,22,24,27,29,31,34-49H2,1-3H3/b10-7-,11-8-,12-9-,17-14-,19-16-,21-18-,23-20-,26-25-,32-28-,33-30-. The van der Waals surface area contributed by atoms with E-state index in [1.54, 1.807) is 0 Å². The zero-order valence-corrected chi connectivity index (χ0v) is 37.5. The van der Waals surface area contributed by atoms with Gasteiger partial charge >= 0.3 is 17.9 Å². The smallest absolute Gasteiger partial charge is 0.306 e. The van der Waals surface area contributed by atoms with Crippen LogP contribution in [0.5, 0.6) is 0 Å². The summed E-state index contributed by atoms with van der Waals surface area (Å²) < 4.78 is 16.6. The largest absolute Gasteiger partial charge is 0.462 e. The molecule has 0 heterocycles. The van der Waals surface area contributed by atoms with Crippen LogP contribution in [0.2, 0.25) is 0 Å². The minimum atomic E-state index is -0.821. The molecule has 0 aromatic rings. The zero-order valence-electron chi connectivity index (χ0n) is 37.5. The van der Waals surface area contributed by atoms with Crippen LogP contribution in [0.4, 0.5) is 0 Å². The first-order valence-electron chi connectivity index (χ1n) is 23.1. The molecular weight excluding hydrogens is 733 g/mol. The summed E-state index contributed by atoms with van der Waals surface area (Å²) >= 11 is 0. The third-order valence-corrected chi connectivity index (χ3v) is 9.04. The van der Waals surface area contributed by atoms with Crippen LogP contribution in [-0.4, -0.2) is 37.2 Å². The van der Waals surface area contributed by atoms with E-state index in [2.05, 4.69) is 106 Å². The van der Waals surface area contributed by atoms with Gasteiger partial charge in [-0.15, -0.1) is 0 Å². The van der Waals surface area contributed by atoms with Crippen LogP contribution in [0.15, 0.2) is 122 Å². The number of carbonyl (C=O) groups is 3. The maximum absolute atomic E-state index is 12.7. The fourth-order valence-electron chi connectivity index (χ4n) is 5.65. The van der Waals surface area contributed by atoms with E-state index in [4.69, 9.17) is 14.2 Å². The summed E-state index contributed by atoms with van der Waals surface area (Å²) in [6.45, 7) is 6.15. The molecule has 0 aromatic carbocycles. The average molecular weight is 815 g/mol. The van der Waals surface area contributed by atoms with Crippen molar-refractivity contribution in [3.63, 3.8) is 0 Å². The summed E-state index contributed by atoms with van der Waals surface area (Å²) in [5.74, 6) is -1.02. The van der Waals surface area contributed by atoms with Crippen molar-refractivity contribution in [3.8, 4) is 0 Å². The van der Waals surface area contributed by atoms with E-state index in [0.29, 0.717) is 25.7 Å². The maximum Gasteiger partial charge on any atom is 0.306 e. The van der Waals surface area contributed by atoms with Crippen molar-refractivity contribution >= 4 is 17.9 Å². The van der Waals surface area contributed by atoms with Gasteiger partial charge in [0.2, 0.25) is 0 Å². The van der Waals surface area contributed by atoms with Gasteiger partial charge in [-0.1, -0.05) is 174 Å². The molecule has 0 bridgehead atoms. The highest BCUT2D eigenvalue weighted by Crippen LogP contribution is 2.12. The monoisotopic (exact) mass is 815 g/mol. The molecule has 0 spiro atoms. The number of hydrogen-bond donors (Lipinski definition) is 0. The predicted molar refractivity (Wildman–Crippen MR) is 251 cm³/mol. The number of hydrogen-bond acceptors (Lipinski definition) is 6. The van der Waals surface area contributed by atoms with Crippen molar-refractivity contribution in [2.24, 2.45) is 0 Å². The van der Waals surface area contributed by atoms with Gasteiger partial charge in [-0.2, -0.15) is 0 Å². The molecule has 1 atom stereocenters. The summed E-state index contributed by atoms with van der Waals surface area (Å²) in [7, 11) is 0. The summed E-state index contributed by atoms with van der Waals surface area (Å²) in [4.78, 5) is 37.8. The van der Waals surface area contributed by atoms with Crippen LogP contribution in [0, 0.1) is 0 Å². The number of unbranched alkanes of at least 4 members (excludes halogenated alkanes) is 11. The van der Waals surface area contributed by atoms with Crippen LogP contribution >= 0.6 is 0 Å². The van der Waals surface area contributed by atoms with Crippen LogP contribution in [0.3, 0.4) is 0 Å². The average Bonchev–Trinajstić information content (AvgIpc) is 3.23. The van der Waals surface area contributed by atoms with Gasteiger partial charge in [-0.05, 0) is 103 Å². The number of esters is 3. The molecule has 6 nitrogen and oxygen atoms in total. The Hall–Kier alpha value is -4.19. The Morgan fingerprint density at radius 3 is 1.20 bits per heavy atom.